The van der Waals surface area contributed by atoms with E-state index in [-0.39, 0.29) is 18.3 Å². The van der Waals surface area contributed by atoms with Crippen LogP contribution >= 0.6 is 35.3 Å². The Kier molecular flexibility index (Phi) is 11.6. The second-order valence-corrected chi connectivity index (χ2v) is 9.73. The summed E-state index contributed by atoms with van der Waals surface area (Å²) in [5, 5.41) is 1.30. The largest absolute Gasteiger partial charge is 0.490 e. The number of hydrogen-bond donors (Lipinski definition) is 0. The number of benzene rings is 2. The Morgan fingerprint density at radius 1 is 0.972 bits per heavy atom. The predicted octanol–water partition coefficient (Wildman–Crippen LogP) is 6.47. The Bertz CT molecular complexity index is 1140. The fourth-order valence-electron chi connectivity index (χ4n) is 3.76. The van der Waals surface area contributed by atoms with Crippen LogP contribution in [0.1, 0.15) is 43.1 Å². The van der Waals surface area contributed by atoms with Gasteiger partial charge in [-0.05, 0) is 84.6 Å². The number of rotatable bonds is 12. The molecule has 0 bridgehead atoms. The van der Waals surface area contributed by atoms with E-state index in [0.29, 0.717) is 59.3 Å². The highest BCUT2D eigenvalue weighted by molar-refractivity contribution is 7.22. The normalized spacial score (nSPS) is 10.9. The van der Waals surface area contributed by atoms with Crippen molar-refractivity contribution in [1.82, 2.24) is 9.88 Å². The third kappa shape index (κ3) is 7.16. The molecule has 0 N–H and O–H groups in total. The maximum atomic E-state index is 13.9. The molecule has 0 fully saturated rings. The van der Waals surface area contributed by atoms with Crippen LogP contribution in [0.4, 0.5) is 5.13 Å². The molecule has 3 rings (SSSR count). The number of aromatic nitrogens is 1. The van der Waals surface area contributed by atoms with Crippen molar-refractivity contribution in [3.63, 3.8) is 0 Å². The third-order valence-electron chi connectivity index (χ3n) is 5.26. The van der Waals surface area contributed by atoms with E-state index in [1.165, 1.54) is 11.3 Å². The van der Waals surface area contributed by atoms with E-state index in [4.69, 9.17) is 30.8 Å². The van der Waals surface area contributed by atoms with Gasteiger partial charge in [-0.2, -0.15) is 0 Å². The van der Waals surface area contributed by atoms with Gasteiger partial charge in [0.25, 0.3) is 5.91 Å². The molecule has 36 heavy (non-hydrogen) atoms. The molecule has 1 amide bonds. The minimum atomic E-state index is -0.170. The lowest BCUT2D eigenvalue weighted by Gasteiger charge is -2.22. The van der Waals surface area contributed by atoms with E-state index < -0.39 is 0 Å². The zero-order chi connectivity index (χ0) is 25.5. The van der Waals surface area contributed by atoms with Gasteiger partial charge in [0.1, 0.15) is 0 Å². The minimum absolute atomic E-state index is 0. The van der Waals surface area contributed by atoms with Crippen LogP contribution in [0.25, 0.3) is 10.2 Å². The molecule has 0 aliphatic heterocycles. The van der Waals surface area contributed by atoms with Crippen LogP contribution in [0, 0.1) is 6.92 Å². The van der Waals surface area contributed by atoms with Crippen LogP contribution in [-0.2, 0) is 0 Å². The summed E-state index contributed by atoms with van der Waals surface area (Å²) in [6.45, 7) is 10.4. The van der Waals surface area contributed by atoms with E-state index in [1.807, 2.05) is 53.9 Å². The molecule has 10 heteroatoms. The average Bonchev–Trinajstić information content (AvgIpc) is 3.22. The molecule has 0 unspecified atom stereocenters. The lowest BCUT2D eigenvalue weighted by Crippen LogP contribution is -2.33. The molecule has 2 aromatic carbocycles. The fraction of sp³-hybridized carbons (Fsp3) is 0.462. The number of carbonyl (C=O) groups excluding carboxylic acids is 1. The zero-order valence-corrected chi connectivity index (χ0v) is 24.1. The first-order valence-electron chi connectivity index (χ1n) is 11.9. The van der Waals surface area contributed by atoms with Gasteiger partial charge in [-0.3, -0.25) is 9.69 Å². The molecule has 198 valence electrons. The lowest BCUT2D eigenvalue weighted by molar-refractivity contribution is 0.0985. The van der Waals surface area contributed by atoms with Crippen LogP contribution in [0.15, 0.2) is 24.3 Å². The molecular weight excluding hydrogens is 521 g/mol. The topological polar surface area (TPSA) is 64.1 Å². The Hall–Kier alpha value is -2.26. The highest BCUT2D eigenvalue weighted by atomic mass is 35.5. The summed E-state index contributed by atoms with van der Waals surface area (Å²) in [5.41, 5.74) is 2.30. The zero-order valence-electron chi connectivity index (χ0n) is 21.7. The number of anilines is 1. The first-order valence-corrected chi connectivity index (χ1v) is 13.1. The average molecular weight is 557 g/mol. The van der Waals surface area contributed by atoms with Gasteiger partial charge in [-0.25, -0.2) is 4.98 Å². The van der Waals surface area contributed by atoms with Crippen molar-refractivity contribution in [3.05, 3.63) is 40.4 Å². The van der Waals surface area contributed by atoms with Gasteiger partial charge in [0.05, 0.1) is 30.0 Å². The first kappa shape index (κ1) is 30.0. The number of carbonyl (C=O) groups is 1. The van der Waals surface area contributed by atoms with E-state index in [2.05, 4.69) is 4.90 Å². The number of nitrogens with zero attached hydrogens (tertiary/aromatic N) is 3. The van der Waals surface area contributed by atoms with Gasteiger partial charge in [0, 0.05) is 17.1 Å². The van der Waals surface area contributed by atoms with Gasteiger partial charge in [-0.15, -0.1) is 12.4 Å². The molecule has 1 heterocycles. The quantitative estimate of drug-likeness (QED) is 0.255. The Morgan fingerprint density at radius 3 is 2.14 bits per heavy atom. The molecule has 0 saturated carbocycles. The summed E-state index contributed by atoms with van der Waals surface area (Å²) < 4.78 is 18.4. The smallest absolute Gasteiger partial charge is 0.260 e. The number of aryl methyl sites for hydroxylation is 1. The molecule has 1 aromatic heterocycles. The van der Waals surface area contributed by atoms with Gasteiger partial charge >= 0.3 is 0 Å². The molecule has 0 radical (unpaired) electrons. The van der Waals surface area contributed by atoms with Crippen LogP contribution in [-0.4, -0.2) is 62.8 Å². The molecule has 7 nitrogen and oxygen atoms in total. The molecule has 0 saturated heterocycles. The van der Waals surface area contributed by atoms with E-state index in [9.17, 15) is 4.79 Å². The van der Waals surface area contributed by atoms with E-state index >= 15 is 0 Å². The van der Waals surface area contributed by atoms with Gasteiger partial charge < -0.3 is 19.1 Å². The fourth-order valence-corrected chi connectivity index (χ4v) is 5.20. The van der Waals surface area contributed by atoms with Crippen LogP contribution < -0.4 is 19.1 Å². The summed E-state index contributed by atoms with van der Waals surface area (Å²) in [6, 6.07) is 7.24. The number of halogens is 2. The summed E-state index contributed by atoms with van der Waals surface area (Å²) in [4.78, 5) is 22.6. The maximum absolute atomic E-state index is 13.9. The highest BCUT2D eigenvalue weighted by Gasteiger charge is 2.25. The molecule has 0 aliphatic carbocycles. The molecular formula is C26H35Cl2N3O4S. The van der Waals surface area contributed by atoms with E-state index in [0.717, 1.165) is 28.7 Å². The number of thiazole rings is 1. The number of ether oxygens (including phenoxy) is 3. The van der Waals surface area contributed by atoms with Crippen molar-refractivity contribution in [1.29, 1.82) is 0 Å². The Balaban J connectivity index is 0.00000456. The van der Waals surface area contributed by atoms with Crippen molar-refractivity contribution in [3.8, 4) is 17.2 Å². The summed E-state index contributed by atoms with van der Waals surface area (Å²) in [5.74, 6) is 1.32. The van der Waals surface area contributed by atoms with Crippen LogP contribution in [0.3, 0.4) is 0 Å². The predicted molar refractivity (Wildman–Crippen MR) is 151 cm³/mol. The standard InChI is InChI=1S/C26H34ClN3O4S.ClH/c1-7-32-20-14-18(15-21(33-8-2)24(20)34-9-3)25(31)30(12-10-11-29(5)6)26-28-23-17(4)13-19(27)16-22(23)35-26;/h13-16H,7-12H2,1-6H3;1H. The number of fused-ring (bicyclic) bond motifs is 1. The van der Waals surface area contributed by atoms with Gasteiger partial charge in [0.15, 0.2) is 16.6 Å². The molecule has 0 atom stereocenters. The van der Waals surface area contributed by atoms with Gasteiger partial charge in [0.2, 0.25) is 5.75 Å². The van der Waals surface area contributed by atoms with Crippen LogP contribution in [0.5, 0.6) is 17.2 Å². The SMILES string of the molecule is CCOc1cc(C(=O)N(CCCN(C)C)c2nc3c(C)cc(Cl)cc3s2)cc(OCC)c1OCC.Cl. The number of amides is 1. The van der Waals surface area contributed by atoms with Crippen molar-refractivity contribution in [2.45, 2.75) is 34.1 Å². The lowest BCUT2D eigenvalue weighted by atomic mass is 10.1. The maximum Gasteiger partial charge on any atom is 0.260 e. The van der Waals surface area contributed by atoms with Crippen molar-refractivity contribution < 1.29 is 19.0 Å². The number of hydrogen-bond acceptors (Lipinski definition) is 7. The summed E-state index contributed by atoms with van der Waals surface area (Å²) >= 11 is 7.74. The minimum Gasteiger partial charge on any atom is -0.490 e. The first-order chi connectivity index (χ1) is 16.8. The van der Waals surface area contributed by atoms with Gasteiger partial charge in [-0.1, -0.05) is 22.9 Å². The Morgan fingerprint density at radius 2 is 1.58 bits per heavy atom. The van der Waals surface area contributed by atoms with Crippen molar-refractivity contribution >= 4 is 56.6 Å². The summed E-state index contributed by atoms with van der Waals surface area (Å²) in [6.07, 6.45) is 0.794. The summed E-state index contributed by atoms with van der Waals surface area (Å²) in [7, 11) is 4.04. The van der Waals surface area contributed by atoms with E-state index in [1.54, 1.807) is 17.0 Å². The highest BCUT2D eigenvalue weighted by Crippen LogP contribution is 2.40. The van der Waals surface area contributed by atoms with Crippen molar-refractivity contribution in [2.75, 3.05) is 51.9 Å². The molecule has 0 spiro atoms. The van der Waals surface area contributed by atoms with Crippen LogP contribution in [0.2, 0.25) is 5.02 Å². The second kappa shape index (κ2) is 13.9. The third-order valence-corrected chi connectivity index (χ3v) is 6.50. The second-order valence-electron chi connectivity index (χ2n) is 8.28. The van der Waals surface area contributed by atoms with Crippen molar-refractivity contribution in [2.24, 2.45) is 0 Å². The molecule has 0 aliphatic rings. The molecule has 3 aromatic rings. The Labute approximate surface area is 228 Å². The monoisotopic (exact) mass is 555 g/mol.